The number of nitrogens with two attached hydrogens (primary N) is 1. The van der Waals surface area contributed by atoms with Crippen LogP contribution in [0.2, 0.25) is 0 Å². The van der Waals surface area contributed by atoms with Crippen LogP contribution in [0.1, 0.15) is 32.6 Å². The molecule has 1 unspecified atom stereocenters. The van der Waals surface area contributed by atoms with Gasteiger partial charge in [-0.15, -0.1) is 0 Å². The van der Waals surface area contributed by atoms with Crippen molar-refractivity contribution in [2.24, 2.45) is 11.7 Å². The molecule has 0 aliphatic heterocycles. The van der Waals surface area contributed by atoms with E-state index >= 15 is 0 Å². The van der Waals surface area contributed by atoms with Crippen molar-refractivity contribution in [2.75, 3.05) is 6.61 Å². The van der Waals surface area contributed by atoms with Gasteiger partial charge in [0, 0.05) is 12.5 Å². The number of aliphatic hydroxyl groups excluding tert-OH is 1. The van der Waals surface area contributed by atoms with E-state index in [1.807, 2.05) is 6.92 Å². The zero-order chi connectivity index (χ0) is 10.6. The van der Waals surface area contributed by atoms with Crippen LogP contribution in [0.15, 0.2) is 0 Å². The first-order valence-electron chi connectivity index (χ1n) is 5.33. The largest absolute Gasteiger partial charge is 0.394 e. The third-order valence-electron chi connectivity index (χ3n) is 2.73. The minimum absolute atomic E-state index is 0.000899. The van der Waals surface area contributed by atoms with Crippen molar-refractivity contribution in [3.05, 3.63) is 0 Å². The van der Waals surface area contributed by atoms with Crippen molar-refractivity contribution in [3.63, 3.8) is 0 Å². The number of carbonyl (C=O) groups excluding carboxylic acids is 1. The molecule has 0 radical (unpaired) electrons. The Morgan fingerprint density at radius 1 is 1.64 bits per heavy atom. The number of hydrogen-bond donors (Lipinski definition) is 3. The second-order valence-electron chi connectivity index (χ2n) is 4.06. The number of rotatable bonds is 6. The molecule has 0 aromatic carbocycles. The van der Waals surface area contributed by atoms with Crippen LogP contribution in [0, 0.1) is 5.92 Å². The SMILES string of the molecule is CC[C@@H](CO)NC(=O)CC(N)C1CC1. The lowest BCUT2D eigenvalue weighted by Crippen LogP contribution is -2.40. The summed E-state index contributed by atoms with van der Waals surface area (Å²) in [5.74, 6) is 0.514. The minimum Gasteiger partial charge on any atom is -0.394 e. The molecule has 4 heteroatoms. The fourth-order valence-electron chi connectivity index (χ4n) is 1.47. The lowest BCUT2D eigenvalue weighted by atomic mass is 10.1. The van der Waals surface area contributed by atoms with E-state index in [9.17, 15) is 4.79 Å². The number of carbonyl (C=O) groups is 1. The number of amides is 1. The van der Waals surface area contributed by atoms with Crippen molar-refractivity contribution >= 4 is 5.91 Å². The van der Waals surface area contributed by atoms with Gasteiger partial charge in [-0.25, -0.2) is 0 Å². The van der Waals surface area contributed by atoms with Crippen LogP contribution in [0.3, 0.4) is 0 Å². The maximum atomic E-state index is 11.4. The summed E-state index contributed by atoms with van der Waals surface area (Å²) < 4.78 is 0. The lowest BCUT2D eigenvalue weighted by Gasteiger charge is -2.16. The monoisotopic (exact) mass is 200 g/mol. The van der Waals surface area contributed by atoms with Gasteiger partial charge in [0.2, 0.25) is 5.91 Å². The van der Waals surface area contributed by atoms with Crippen LogP contribution in [-0.2, 0) is 4.79 Å². The predicted molar refractivity (Wildman–Crippen MR) is 54.6 cm³/mol. The smallest absolute Gasteiger partial charge is 0.221 e. The molecule has 0 saturated heterocycles. The van der Waals surface area contributed by atoms with Crippen molar-refractivity contribution in [1.29, 1.82) is 0 Å². The van der Waals surface area contributed by atoms with Crippen molar-refractivity contribution in [3.8, 4) is 0 Å². The first-order chi connectivity index (χ1) is 6.67. The van der Waals surface area contributed by atoms with Gasteiger partial charge in [0.05, 0.1) is 12.6 Å². The Labute approximate surface area is 84.9 Å². The molecule has 4 N–H and O–H groups in total. The van der Waals surface area contributed by atoms with E-state index in [1.54, 1.807) is 0 Å². The summed E-state index contributed by atoms with van der Waals surface area (Å²) >= 11 is 0. The maximum Gasteiger partial charge on any atom is 0.221 e. The van der Waals surface area contributed by atoms with Crippen LogP contribution in [0.4, 0.5) is 0 Å². The van der Waals surface area contributed by atoms with E-state index in [1.165, 1.54) is 0 Å². The second kappa shape index (κ2) is 5.32. The van der Waals surface area contributed by atoms with Gasteiger partial charge in [0.25, 0.3) is 0 Å². The quantitative estimate of drug-likeness (QED) is 0.565. The summed E-state index contributed by atoms with van der Waals surface area (Å²) in [6, 6.07) is -0.111. The molecule has 0 aromatic rings. The molecule has 0 spiro atoms. The first-order valence-corrected chi connectivity index (χ1v) is 5.33. The number of hydrogen-bond acceptors (Lipinski definition) is 3. The molecule has 4 nitrogen and oxygen atoms in total. The van der Waals surface area contributed by atoms with Gasteiger partial charge in [0.15, 0.2) is 0 Å². The highest BCUT2D eigenvalue weighted by Gasteiger charge is 2.29. The molecule has 1 rings (SSSR count). The van der Waals surface area contributed by atoms with Crippen molar-refractivity contribution in [2.45, 2.75) is 44.7 Å². The van der Waals surface area contributed by atoms with E-state index in [-0.39, 0.29) is 24.6 Å². The summed E-state index contributed by atoms with van der Waals surface area (Å²) in [6.45, 7) is 1.93. The topological polar surface area (TPSA) is 75.3 Å². The molecule has 0 heterocycles. The average molecular weight is 200 g/mol. The highest BCUT2D eigenvalue weighted by molar-refractivity contribution is 5.76. The number of aliphatic hydroxyl groups is 1. The number of nitrogens with one attached hydrogen (secondary N) is 1. The van der Waals surface area contributed by atoms with Crippen molar-refractivity contribution < 1.29 is 9.90 Å². The summed E-state index contributed by atoms with van der Waals surface area (Å²) in [5, 5.41) is 11.6. The predicted octanol–water partition coefficient (Wildman–Crippen LogP) is 0.000900. The first kappa shape index (κ1) is 11.5. The molecule has 0 bridgehead atoms. The molecule has 14 heavy (non-hydrogen) atoms. The van der Waals surface area contributed by atoms with Gasteiger partial charge < -0.3 is 16.2 Å². The van der Waals surface area contributed by atoms with E-state index < -0.39 is 0 Å². The van der Waals surface area contributed by atoms with Gasteiger partial charge in [-0.2, -0.15) is 0 Å². The molecule has 1 saturated carbocycles. The Morgan fingerprint density at radius 3 is 2.71 bits per heavy atom. The normalized spacial score (nSPS) is 20.2. The lowest BCUT2D eigenvalue weighted by molar-refractivity contribution is -0.122. The summed E-state index contributed by atoms with van der Waals surface area (Å²) in [7, 11) is 0. The fraction of sp³-hybridized carbons (Fsp3) is 0.900. The molecule has 0 aromatic heterocycles. The Bertz CT molecular complexity index is 183. The third-order valence-corrected chi connectivity index (χ3v) is 2.73. The van der Waals surface area contributed by atoms with Crippen LogP contribution in [0.25, 0.3) is 0 Å². The molecule has 1 amide bonds. The van der Waals surface area contributed by atoms with Crippen LogP contribution < -0.4 is 11.1 Å². The highest BCUT2D eigenvalue weighted by atomic mass is 16.3. The maximum absolute atomic E-state index is 11.4. The van der Waals surface area contributed by atoms with E-state index in [0.717, 1.165) is 19.3 Å². The Hall–Kier alpha value is -0.610. The summed E-state index contributed by atoms with van der Waals surface area (Å²) in [5.41, 5.74) is 5.82. The van der Waals surface area contributed by atoms with Crippen molar-refractivity contribution in [1.82, 2.24) is 5.32 Å². The average Bonchev–Trinajstić information content (AvgIpc) is 2.97. The summed E-state index contributed by atoms with van der Waals surface area (Å²) in [6.07, 6.45) is 3.46. The molecule has 1 aliphatic rings. The molecular formula is C10H20N2O2. The molecule has 1 fully saturated rings. The van der Waals surface area contributed by atoms with Gasteiger partial charge in [0.1, 0.15) is 0 Å². The summed E-state index contributed by atoms with van der Waals surface area (Å²) in [4.78, 5) is 11.4. The Balaban J connectivity index is 2.19. The molecule has 82 valence electrons. The minimum atomic E-state index is -0.117. The molecule has 1 aliphatic carbocycles. The third kappa shape index (κ3) is 3.64. The Kier molecular flexibility index (Phi) is 4.35. The standard InChI is InChI=1S/C10H20N2O2/c1-2-8(6-13)12-10(14)5-9(11)7-3-4-7/h7-9,13H,2-6,11H2,1H3,(H,12,14)/t8-,9?/m0/s1. The van der Waals surface area contributed by atoms with E-state index in [4.69, 9.17) is 10.8 Å². The van der Waals surface area contributed by atoms with Gasteiger partial charge in [-0.3, -0.25) is 4.79 Å². The molecular weight excluding hydrogens is 180 g/mol. The zero-order valence-corrected chi connectivity index (χ0v) is 8.70. The zero-order valence-electron chi connectivity index (χ0n) is 8.70. The van der Waals surface area contributed by atoms with E-state index in [0.29, 0.717) is 12.3 Å². The second-order valence-corrected chi connectivity index (χ2v) is 4.06. The van der Waals surface area contributed by atoms with Crippen LogP contribution in [-0.4, -0.2) is 29.7 Å². The van der Waals surface area contributed by atoms with Gasteiger partial charge >= 0.3 is 0 Å². The fourth-order valence-corrected chi connectivity index (χ4v) is 1.47. The van der Waals surface area contributed by atoms with Crippen LogP contribution >= 0.6 is 0 Å². The Morgan fingerprint density at radius 2 is 2.29 bits per heavy atom. The van der Waals surface area contributed by atoms with Crippen LogP contribution in [0.5, 0.6) is 0 Å². The van der Waals surface area contributed by atoms with Gasteiger partial charge in [-0.05, 0) is 25.2 Å². The molecule has 2 atom stereocenters. The van der Waals surface area contributed by atoms with E-state index in [2.05, 4.69) is 5.32 Å². The van der Waals surface area contributed by atoms with Gasteiger partial charge in [-0.1, -0.05) is 6.92 Å². The highest BCUT2D eigenvalue weighted by Crippen LogP contribution is 2.32.